The smallest absolute Gasteiger partial charge is 0.295 e. The van der Waals surface area contributed by atoms with Crippen LogP contribution >= 0.6 is 11.6 Å². The summed E-state index contributed by atoms with van der Waals surface area (Å²) in [6, 6.07) is 7.18. The fourth-order valence-corrected chi connectivity index (χ4v) is 3.17. The molecular formula is C20H21ClN4O4. The number of allylic oxidation sites excluding steroid dienone is 1. The van der Waals surface area contributed by atoms with Gasteiger partial charge in [-0.25, -0.2) is 4.98 Å². The molecule has 8 nitrogen and oxygen atoms in total. The number of imidazole rings is 1. The maximum absolute atomic E-state index is 13.0. The van der Waals surface area contributed by atoms with Crippen LogP contribution in [0.5, 0.6) is 0 Å². The van der Waals surface area contributed by atoms with Gasteiger partial charge < -0.3 is 15.2 Å². The fourth-order valence-electron chi connectivity index (χ4n) is 2.94. The zero-order chi connectivity index (χ0) is 21.0. The van der Waals surface area contributed by atoms with Crippen molar-refractivity contribution in [3.8, 4) is 11.3 Å². The van der Waals surface area contributed by atoms with Crippen LogP contribution in [0, 0.1) is 0 Å². The Kier molecular flexibility index (Phi) is 6.48. The van der Waals surface area contributed by atoms with Gasteiger partial charge in [0.25, 0.3) is 11.5 Å². The second-order valence-electron chi connectivity index (χ2n) is 6.37. The molecule has 0 aliphatic rings. The molecule has 0 aliphatic heterocycles. The minimum Gasteiger partial charge on any atom is -0.389 e. The van der Waals surface area contributed by atoms with Crippen molar-refractivity contribution >= 4 is 23.2 Å². The predicted molar refractivity (Wildman–Crippen MR) is 110 cm³/mol. The van der Waals surface area contributed by atoms with Gasteiger partial charge in [-0.1, -0.05) is 35.9 Å². The Balaban J connectivity index is 2.03. The van der Waals surface area contributed by atoms with E-state index in [1.54, 1.807) is 24.4 Å². The highest BCUT2D eigenvalue weighted by molar-refractivity contribution is 6.33. The lowest BCUT2D eigenvalue weighted by molar-refractivity contribution is 0.0609. The maximum atomic E-state index is 13.0. The highest BCUT2D eigenvalue weighted by atomic mass is 35.5. The highest BCUT2D eigenvalue weighted by Crippen LogP contribution is 2.27. The number of carbonyl (C=O) groups excluding carboxylic acids is 1. The molecule has 1 atom stereocenters. The molecule has 1 aromatic carbocycles. The van der Waals surface area contributed by atoms with Gasteiger partial charge in [0.1, 0.15) is 5.69 Å². The molecule has 0 fully saturated rings. The predicted octanol–water partition coefficient (Wildman–Crippen LogP) is 1.74. The van der Waals surface area contributed by atoms with Crippen molar-refractivity contribution in [2.24, 2.45) is 0 Å². The van der Waals surface area contributed by atoms with Gasteiger partial charge >= 0.3 is 0 Å². The Morgan fingerprint density at radius 3 is 2.86 bits per heavy atom. The lowest BCUT2D eigenvalue weighted by Gasteiger charge is -2.13. The summed E-state index contributed by atoms with van der Waals surface area (Å²) >= 11 is 6.32. The molecule has 0 saturated heterocycles. The van der Waals surface area contributed by atoms with Crippen LogP contribution in [-0.4, -0.2) is 51.3 Å². The molecule has 3 rings (SSSR count). The van der Waals surface area contributed by atoms with E-state index in [1.807, 2.05) is 12.1 Å². The summed E-state index contributed by atoms with van der Waals surface area (Å²) in [4.78, 5) is 29.6. The van der Waals surface area contributed by atoms with E-state index in [-0.39, 0.29) is 36.6 Å². The summed E-state index contributed by atoms with van der Waals surface area (Å²) in [5.74, 6) is -0.502. The van der Waals surface area contributed by atoms with E-state index in [2.05, 4.69) is 16.9 Å². The average molecular weight is 417 g/mol. The molecule has 0 spiro atoms. The van der Waals surface area contributed by atoms with Crippen molar-refractivity contribution in [3.05, 3.63) is 70.4 Å². The molecule has 152 valence electrons. The van der Waals surface area contributed by atoms with Crippen LogP contribution in [-0.2, 0) is 11.3 Å². The molecule has 29 heavy (non-hydrogen) atoms. The zero-order valence-corrected chi connectivity index (χ0v) is 16.6. The van der Waals surface area contributed by atoms with Crippen LogP contribution in [0.3, 0.4) is 0 Å². The van der Waals surface area contributed by atoms with Gasteiger partial charge in [0.2, 0.25) is 5.65 Å². The number of benzene rings is 1. The van der Waals surface area contributed by atoms with E-state index < -0.39 is 12.0 Å². The molecule has 2 heterocycles. The number of aliphatic hydroxyl groups is 1. The van der Waals surface area contributed by atoms with Gasteiger partial charge in [-0.15, -0.1) is 6.58 Å². The minimum absolute atomic E-state index is 0.00607. The number of fused-ring (bicyclic) bond motifs is 1. The minimum atomic E-state index is -0.836. The van der Waals surface area contributed by atoms with E-state index in [0.717, 1.165) is 0 Å². The van der Waals surface area contributed by atoms with Gasteiger partial charge in [-0.2, -0.15) is 0 Å². The van der Waals surface area contributed by atoms with Gasteiger partial charge in [0, 0.05) is 43.2 Å². The van der Waals surface area contributed by atoms with Crippen molar-refractivity contribution in [2.45, 2.75) is 12.6 Å². The molecule has 0 saturated carbocycles. The summed E-state index contributed by atoms with van der Waals surface area (Å²) in [5, 5.41) is 12.7. The van der Waals surface area contributed by atoms with Gasteiger partial charge in [-0.05, 0) is 6.07 Å². The van der Waals surface area contributed by atoms with Gasteiger partial charge in [0.15, 0.2) is 0 Å². The Bertz CT molecular complexity index is 1110. The summed E-state index contributed by atoms with van der Waals surface area (Å²) in [7, 11) is 1.46. The second kappa shape index (κ2) is 9.04. The van der Waals surface area contributed by atoms with E-state index in [0.29, 0.717) is 16.3 Å². The lowest BCUT2D eigenvalue weighted by Crippen LogP contribution is -2.34. The van der Waals surface area contributed by atoms with Crippen LogP contribution in [0.1, 0.15) is 10.5 Å². The van der Waals surface area contributed by atoms with Crippen LogP contribution in [0.4, 0.5) is 0 Å². The van der Waals surface area contributed by atoms with Gasteiger partial charge in [-0.3, -0.25) is 18.6 Å². The molecule has 0 aliphatic carbocycles. The fraction of sp³-hybridized carbons (Fsp3) is 0.250. The summed E-state index contributed by atoms with van der Waals surface area (Å²) in [5.41, 5.74) is 1.05. The monoisotopic (exact) mass is 416 g/mol. The summed E-state index contributed by atoms with van der Waals surface area (Å²) < 4.78 is 7.82. The quantitative estimate of drug-likeness (QED) is 0.545. The standard InChI is InChI=1S/C20H21ClN4O4/c1-3-8-25-17(14-6-4-5-7-15(14)21)11-24-10-16(23-18(24)20(25)28)19(27)22-9-13(26)12-29-2/h3-7,10-11,13,26H,1,8-9,12H2,2H3,(H,22,27)/t13-/m0/s1. The number of methoxy groups -OCH3 is 1. The molecular weight excluding hydrogens is 396 g/mol. The number of nitrogens with one attached hydrogen (secondary N) is 1. The van der Waals surface area contributed by atoms with Crippen molar-refractivity contribution in [1.82, 2.24) is 19.3 Å². The lowest BCUT2D eigenvalue weighted by atomic mass is 10.1. The number of halogens is 1. The normalized spacial score (nSPS) is 12.1. The third-order valence-corrected chi connectivity index (χ3v) is 4.60. The Labute approximate surface area is 172 Å². The summed E-state index contributed by atoms with van der Waals surface area (Å²) in [6.45, 7) is 4.07. The third kappa shape index (κ3) is 4.40. The van der Waals surface area contributed by atoms with E-state index in [1.165, 1.54) is 22.3 Å². The number of aromatic nitrogens is 3. The van der Waals surface area contributed by atoms with E-state index in [9.17, 15) is 14.7 Å². The molecule has 0 bridgehead atoms. The van der Waals surface area contributed by atoms with Crippen LogP contribution in [0.2, 0.25) is 5.02 Å². The van der Waals surface area contributed by atoms with Crippen molar-refractivity contribution < 1.29 is 14.6 Å². The number of hydrogen-bond acceptors (Lipinski definition) is 5. The topological polar surface area (TPSA) is 97.9 Å². The number of ether oxygens (including phenoxy) is 1. The van der Waals surface area contributed by atoms with E-state index >= 15 is 0 Å². The SMILES string of the molecule is C=CCn1c(-c2ccccc2Cl)cn2cc(C(=O)NC[C@H](O)COC)nc2c1=O. The molecule has 2 N–H and O–H groups in total. The first-order chi connectivity index (χ1) is 14.0. The zero-order valence-electron chi connectivity index (χ0n) is 15.8. The van der Waals surface area contributed by atoms with Crippen molar-refractivity contribution in [1.29, 1.82) is 0 Å². The molecule has 0 unspecified atom stereocenters. The molecule has 1 amide bonds. The molecule has 9 heteroatoms. The van der Waals surface area contributed by atoms with E-state index in [4.69, 9.17) is 16.3 Å². The maximum Gasteiger partial charge on any atom is 0.295 e. The molecule has 3 aromatic rings. The van der Waals surface area contributed by atoms with Crippen molar-refractivity contribution in [3.63, 3.8) is 0 Å². The largest absolute Gasteiger partial charge is 0.389 e. The first-order valence-corrected chi connectivity index (χ1v) is 9.27. The number of nitrogens with zero attached hydrogens (tertiary/aromatic N) is 3. The average Bonchev–Trinajstić information content (AvgIpc) is 3.14. The number of amides is 1. The third-order valence-electron chi connectivity index (χ3n) is 4.27. The summed E-state index contributed by atoms with van der Waals surface area (Å²) in [6.07, 6.45) is 3.93. The van der Waals surface area contributed by atoms with Crippen LogP contribution in [0.15, 0.2) is 54.1 Å². The van der Waals surface area contributed by atoms with Gasteiger partial charge in [0.05, 0.1) is 18.4 Å². The number of rotatable bonds is 8. The second-order valence-corrected chi connectivity index (χ2v) is 6.78. The first-order valence-electron chi connectivity index (χ1n) is 8.89. The highest BCUT2D eigenvalue weighted by Gasteiger charge is 2.18. The number of carbonyl (C=O) groups is 1. The van der Waals surface area contributed by atoms with Crippen LogP contribution < -0.4 is 10.9 Å². The Morgan fingerprint density at radius 1 is 1.41 bits per heavy atom. The molecule has 0 radical (unpaired) electrons. The number of aliphatic hydroxyl groups excluding tert-OH is 1. The first kappa shape index (κ1) is 20.8. The molecule has 2 aromatic heterocycles. The Morgan fingerprint density at radius 2 is 2.17 bits per heavy atom. The van der Waals surface area contributed by atoms with Crippen LogP contribution in [0.25, 0.3) is 16.9 Å². The number of hydrogen-bond donors (Lipinski definition) is 2. The Hall–Kier alpha value is -2.94. The van der Waals surface area contributed by atoms with Crippen molar-refractivity contribution in [2.75, 3.05) is 20.3 Å².